The second-order valence-electron chi connectivity index (χ2n) is 16.7. The molecule has 0 radical (unpaired) electrons. The van der Waals surface area contributed by atoms with Gasteiger partial charge in [-0.15, -0.1) is 11.8 Å². The van der Waals surface area contributed by atoms with E-state index in [-0.39, 0.29) is 11.8 Å². The van der Waals surface area contributed by atoms with Crippen LogP contribution in [0.3, 0.4) is 0 Å². The molecule has 0 amide bonds. The van der Waals surface area contributed by atoms with E-state index in [1.807, 2.05) is 18.2 Å². The first-order chi connectivity index (χ1) is 30.7. The van der Waals surface area contributed by atoms with Crippen LogP contribution in [-0.2, 0) is 13.0 Å². The fourth-order valence-corrected chi connectivity index (χ4v) is 9.66. The molecule has 3 heterocycles. The molecular weight excluding hydrogens is 787 g/mol. The zero-order chi connectivity index (χ0) is 44.0. The van der Waals surface area contributed by atoms with E-state index in [1.54, 1.807) is 11.8 Å². The summed E-state index contributed by atoms with van der Waals surface area (Å²) in [5.74, 6) is 2.37. The van der Waals surface area contributed by atoms with Crippen LogP contribution in [0.2, 0.25) is 0 Å². The van der Waals surface area contributed by atoms with Crippen molar-refractivity contribution in [3.05, 3.63) is 203 Å². The molecule has 0 N–H and O–H groups in total. The molecule has 63 heavy (non-hydrogen) atoms. The number of aliphatic imine (C=N–C) groups is 3. The molecule has 316 valence electrons. The van der Waals surface area contributed by atoms with Crippen LogP contribution < -0.4 is 4.90 Å². The van der Waals surface area contributed by atoms with Crippen LogP contribution in [0.1, 0.15) is 85.5 Å². The molecule has 0 fully saturated rings. The summed E-state index contributed by atoms with van der Waals surface area (Å²) in [6.07, 6.45) is 19.9. The van der Waals surface area contributed by atoms with Gasteiger partial charge in [0, 0.05) is 68.6 Å². The van der Waals surface area contributed by atoms with Crippen LogP contribution in [0.25, 0.3) is 33.8 Å². The van der Waals surface area contributed by atoms with Crippen molar-refractivity contribution in [3.63, 3.8) is 0 Å². The van der Waals surface area contributed by atoms with E-state index in [2.05, 4.69) is 189 Å². The van der Waals surface area contributed by atoms with E-state index in [9.17, 15) is 0 Å². The van der Waals surface area contributed by atoms with E-state index in [4.69, 9.17) is 9.98 Å². The molecule has 2 unspecified atom stereocenters. The average molecular weight is 844 g/mol. The fourth-order valence-electron chi connectivity index (χ4n) is 9.03. The topological polar surface area (TPSA) is 45.2 Å². The minimum atomic E-state index is 0.126. The van der Waals surface area contributed by atoms with Crippen molar-refractivity contribution in [3.8, 4) is 5.69 Å². The van der Waals surface area contributed by atoms with Crippen LogP contribution in [0.5, 0.6) is 0 Å². The number of amidine groups is 2. The Kier molecular flexibility index (Phi) is 13.2. The average Bonchev–Trinajstić information content (AvgIpc) is 3.82. The Morgan fingerprint density at radius 1 is 0.905 bits per heavy atom. The molecule has 0 bridgehead atoms. The number of nitrogens with zero attached hydrogens (tertiary/aromatic N) is 5. The Balaban J connectivity index is 1.24. The molecule has 1 aromatic heterocycles. The maximum absolute atomic E-state index is 5.19. The van der Waals surface area contributed by atoms with Gasteiger partial charge in [0.2, 0.25) is 0 Å². The lowest BCUT2D eigenvalue weighted by molar-refractivity contribution is 0.569. The standard InChI is InChI=1S/C57H57N5S/c1-9-11-18-38(3)42(7)55-49(10-2)52-36-47(61-30-16-12-13-19-39(4)50-22-14-15-23-53(50)61)25-27-54(52)62(55)48-21-17-20-45(35-48)56(58-8)60-57(44-28-31-63-32-29-44)59-37-43-24-26-51-41(6)40(5)33-46(51)34-43/h9-12,14-18,20-29,31,34-36,38,42H,1-2,4,8,13,19,30,32-33,37H2,3,5-7H3/b16-12-,18-11-,59-57?,60-56?. The quantitative estimate of drug-likeness (QED) is 0.0575. The first-order valence-electron chi connectivity index (χ1n) is 22.0. The molecule has 0 spiro atoms. The second-order valence-corrected chi connectivity index (χ2v) is 17.6. The van der Waals surface area contributed by atoms with Crippen LogP contribution >= 0.6 is 11.8 Å². The normalized spacial score (nSPS) is 17.2. The number of para-hydroxylation sites is 1. The van der Waals surface area contributed by atoms with Crippen molar-refractivity contribution in [1.29, 1.82) is 0 Å². The number of allylic oxidation sites excluding steroid dienone is 7. The highest BCUT2D eigenvalue weighted by atomic mass is 32.2. The number of hydrogen-bond donors (Lipinski definition) is 0. The number of aromatic nitrogens is 1. The van der Waals surface area contributed by atoms with Gasteiger partial charge in [-0.3, -0.25) is 4.99 Å². The minimum absolute atomic E-state index is 0.126. The lowest BCUT2D eigenvalue weighted by Crippen LogP contribution is -2.18. The highest BCUT2D eigenvalue weighted by Crippen LogP contribution is 2.42. The van der Waals surface area contributed by atoms with Crippen molar-refractivity contribution < 1.29 is 0 Å². The summed E-state index contributed by atoms with van der Waals surface area (Å²) < 4.78 is 2.40. The predicted octanol–water partition coefficient (Wildman–Crippen LogP) is 14.8. The van der Waals surface area contributed by atoms with Gasteiger partial charge in [-0.2, -0.15) is 0 Å². The van der Waals surface area contributed by atoms with Gasteiger partial charge in [0.15, 0.2) is 11.7 Å². The minimum Gasteiger partial charge on any atom is -0.337 e. The number of thioether (sulfide) groups is 1. The van der Waals surface area contributed by atoms with E-state index < -0.39 is 0 Å². The Morgan fingerprint density at radius 3 is 2.56 bits per heavy atom. The summed E-state index contributed by atoms with van der Waals surface area (Å²) in [5, 5.41) is 3.26. The highest BCUT2D eigenvalue weighted by Gasteiger charge is 2.26. The van der Waals surface area contributed by atoms with Gasteiger partial charge >= 0.3 is 0 Å². The van der Waals surface area contributed by atoms with E-state index in [0.717, 1.165) is 81.8 Å². The van der Waals surface area contributed by atoms with Gasteiger partial charge in [-0.05, 0) is 121 Å². The van der Waals surface area contributed by atoms with E-state index >= 15 is 0 Å². The van der Waals surface area contributed by atoms with Crippen molar-refractivity contribution in [1.82, 2.24) is 4.57 Å². The number of rotatable bonds is 11. The third-order valence-electron chi connectivity index (χ3n) is 12.8. The Hall–Kier alpha value is -6.50. The lowest BCUT2D eigenvalue weighted by Gasteiger charge is -2.26. The molecule has 5 nitrogen and oxygen atoms in total. The first-order valence-corrected chi connectivity index (χ1v) is 23.0. The van der Waals surface area contributed by atoms with Gasteiger partial charge in [0.1, 0.15) is 0 Å². The zero-order valence-corrected chi connectivity index (χ0v) is 38.0. The summed E-state index contributed by atoms with van der Waals surface area (Å²) in [4.78, 5) is 17.3. The van der Waals surface area contributed by atoms with Gasteiger partial charge in [0.05, 0.1) is 12.1 Å². The molecule has 0 saturated carbocycles. The number of anilines is 2. The van der Waals surface area contributed by atoms with Crippen molar-refractivity contribution in [2.24, 2.45) is 20.9 Å². The predicted molar refractivity (Wildman–Crippen MR) is 276 cm³/mol. The van der Waals surface area contributed by atoms with Crippen LogP contribution in [0.15, 0.2) is 179 Å². The van der Waals surface area contributed by atoms with E-state index in [0.29, 0.717) is 18.2 Å². The molecule has 8 rings (SSSR count). The molecular formula is C57H57N5S. The van der Waals surface area contributed by atoms with Crippen molar-refractivity contribution in [2.75, 3.05) is 17.2 Å². The van der Waals surface area contributed by atoms with Gasteiger partial charge in [-0.1, -0.05) is 130 Å². The molecule has 2 atom stereocenters. The third kappa shape index (κ3) is 8.91. The second kappa shape index (κ2) is 19.3. The number of benzene rings is 4. The zero-order valence-electron chi connectivity index (χ0n) is 37.1. The SMILES string of the molecule is C=C/C=C\C(C)C(C)c1c(C=C)c2cc(N3C/C=C\CCC(=C)c4ccccc43)ccc2n1-c1cccc(C(N=C)=NC(=NCc2ccc3c(c2)CC(C)=C3C)C2=CCSC=C2)c1. The maximum atomic E-state index is 5.19. The Labute approximate surface area is 378 Å². The number of fused-ring (bicyclic) bond motifs is 3. The Morgan fingerprint density at radius 2 is 1.76 bits per heavy atom. The van der Waals surface area contributed by atoms with Gasteiger partial charge in [0.25, 0.3) is 0 Å². The molecule has 5 aromatic rings. The molecule has 2 aliphatic heterocycles. The van der Waals surface area contributed by atoms with Crippen molar-refractivity contribution >= 4 is 69.7 Å². The van der Waals surface area contributed by atoms with Crippen LogP contribution in [-0.4, -0.2) is 35.3 Å². The molecule has 0 saturated heterocycles. The van der Waals surface area contributed by atoms with Crippen LogP contribution in [0.4, 0.5) is 11.4 Å². The van der Waals surface area contributed by atoms with Crippen molar-refractivity contribution in [2.45, 2.75) is 59.4 Å². The Bertz CT molecular complexity index is 2850. The summed E-state index contributed by atoms with van der Waals surface area (Å²) in [6.45, 7) is 27.2. The van der Waals surface area contributed by atoms with Gasteiger partial charge in [-0.25, -0.2) is 9.98 Å². The maximum Gasteiger partial charge on any atom is 0.161 e. The smallest absolute Gasteiger partial charge is 0.161 e. The largest absolute Gasteiger partial charge is 0.337 e. The summed E-state index contributed by atoms with van der Waals surface area (Å²) in [6, 6.07) is 30.7. The molecule has 4 aromatic carbocycles. The fraction of sp³-hybridized carbons (Fsp3) is 0.211. The summed E-state index contributed by atoms with van der Waals surface area (Å²) in [7, 11) is 0. The lowest BCUT2D eigenvalue weighted by atomic mass is 9.89. The molecule has 1 aliphatic carbocycles. The van der Waals surface area contributed by atoms with E-state index in [1.165, 1.54) is 39.1 Å². The monoisotopic (exact) mass is 843 g/mol. The molecule has 6 heteroatoms. The summed E-state index contributed by atoms with van der Waals surface area (Å²) in [5.41, 5.74) is 17.6. The number of hydrogen-bond acceptors (Lipinski definition) is 3. The summed E-state index contributed by atoms with van der Waals surface area (Å²) >= 11 is 1.76. The van der Waals surface area contributed by atoms with Crippen LogP contribution in [0, 0.1) is 5.92 Å². The third-order valence-corrected chi connectivity index (χ3v) is 13.5. The van der Waals surface area contributed by atoms with Gasteiger partial charge < -0.3 is 9.47 Å². The first kappa shape index (κ1) is 43.2. The molecule has 3 aliphatic rings. The highest BCUT2D eigenvalue weighted by molar-refractivity contribution is 8.02.